The molecule has 0 atom stereocenters. The van der Waals surface area contributed by atoms with Gasteiger partial charge in [0.05, 0.1) is 11.4 Å². The summed E-state index contributed by atoms with van der Waals surface area (Å²) in [6, 6.07) is 10.7. The number of carbonyl (C=O) groups is 2. The lowest BCUT2D eigenvalue weighted by atomic mass is 9.98. The van der Waals surface area contributed by atoms with Gasteiger partial charge in [0, 0.05) is 22.7 Å². The topological polar surface area (TPSA) is 82.1 Å². The molecule has 1 aromatic carbocycles. The standard InChI is InChI=1S/C26H28N4O3/c1-15(2)22-20(25(32)30(27-22)19-10-8-7-9-11-19)21-23(26(33)29(16(3)4)24(21)31)28-13-17(5)12-18(6)14-28/h7-16H,1-6H3. The number of hydrogen-bond acceptors (Lipinski definition) is 4. The quantitative estimate of drug-likeness (QED) is 0.447. The number of benzene rings is 1. The molecule has 1 aliphatic heterocycles. The van der Waals surface area contributed by atoms with Gasteiger partial charge >= 0.3 is 5.91 Å². The van der Waals surface area contributed by atoms with Crippen LogP contribution in [-0.4, -0.2) is 32.5 Å². The molecule has 0 spiro atoms. The minimum Gasteiger partial charge on any atom is -0.858 e. The third-order valence-electron chi connectivity index (χ3n) is 5.67. The predicted molar refractivity (Wildman–Crippen MR) is 123 cm³/mol. The zero-order chi connectivity index (χ0) is 24.0. The van der Waals surface area contributed by atoms with Crippen LogP contribution in [0.15, 0.2) is 48.8 Å². The summed E-state index contributed by atoms with van der Waals surface area (Å²) in [7, 11) is 0. The van der Waals surface area contributed by atoms with Gasteiger partial charge in [-0.3, -0.25) is 14.5 Å². The van der Waals surface area contributed by atoms with Crippen molar-refractivity contribution in [2.75, 3.05) is 0 Å². The van der Waals surface area contributed by atoms with Crippen molar-refractivity contribution < 1.29 is 19.3 Å². The summed E-state index contributed by atoms with van der Waals surface area (Å²) >= 11 is 0. The molecule has 0 unspecified atom stereocenters. The number of pyridine rings is 1. The number of para-hydroxylation sites is 1. The Hall–Kier alpha value is -3.74. The summed E-state index contributed by atoms with van der Waals surface area (Å²) in [4.78, 5) is 28.4. The second-order valence-corrected chi connectivity index (χ2v) is 9.06. The lowest BCUT2D eigenvalue weighted by molar-refractivity contribution is -0.577. The zero-order valence-corrected chi connectivity index (χ0v) is 19.8. The van der Waals surface area contributed by atoms with Crippen molar-refractivity contribution in [2.24, 2.45) is 0 Å². The van der Waals surface area contributed by atoms with E-state index in [1.54, 1.807) is 42.9 Å². The van der Waals surface area contributed by atoms with Crippen molar-refractivity contribution in [3.8, 4) is 11.6 Å². The van der Waals surface area contributed by atoms with Crippen LogP contribution in [0.3, 0.4) is 0 Å². The molecule has 33 heavy (non-hydrogen) atoms. The van der Waals surface area contributed by atoms with Crippen LogP contribution in [0.1, 0.15) is 56.0 Å². The number of rotatable bonds is 5. The van der Waals surface area contributed by atoms with Crippen molar-refractivity contribution in [1.29, 1.82) is 0 Å². The van der Waals surface area contributed by atoms with E-state index in [2.05, 4.69) is 5.10 Å². The van der Waals surface area contributed by atoms with Crippen LogP contribution >= 0.6 is 0 Å². The highest BCUT2D eigenvalue weighted by atomic mass is 16.3. The van der Waals surface area contributed by atoms with E-state index < -0.39 is 17.7 Å². The van der Waals surface area contributed by atoms with Gasteiger partial charge < -0.3 is 5.11 Å². The Kier molecular flexibility index (Phi) is 5.66. The van der Waals surface area contributed by atoms with E-state index >= 15 is 0 Å². The normalized spacial score (nSPS) is 14.4. The number of nitrogens with zero attached hydrogens (tertiary/aromatic N) is 4. The predicted octanol–water partition coefficient (Wildman–Crippen LogP) is 3.12. The first kappa shape index (κ1) is 22.5. The van der Waals surface area contributed by atoms with Gasteiger partial charge in [0.25, 0.3) is 11.6 Å². The van der Waals surface area contributed by atoms with E-state index in [0.717, 1.165) is 11.1 Å². The van der Waals surface area contributed by atoms with Crippen LogP contribution in [0.2, 0.25) is 0 Å². The summed E-state index contributed by atoms with van der Waals surface area (Å²) in [5.74, 6) is -1.43. The van der Waals surface area contributed by atoms with Crippen LogP contribution in [0.5, 0.6) is 5.88 Å². The van der Waals surface area contributed by atoms with Crippen LogP contribution in [0, 0.1) is 13.8 Å². The van der Waals surface area contributed by atoms with Gasteiger partial charge in [-0.05, 0) is 57.7 Å². The second kappa shape index (κ2) is 8.31. The molecule has 170 valence electrons. The first-order valence-electron chi connectivity index (χ1n) is 11.1. The minimum atomic E-state index is -0.469. The van der Waals surface area contributed by atoms with Crippen molar-refractivity contribution in [3.05, 3.63) is 71.2 Å². The van der Waals surface area contributed by atoms with Crippen molar-refractivity contribution in [1.82, 2.24) is 14.7 Å². The fourth-order valence-electron chi connectivity index (χ4n) is 4.31. The smallest absolute Gasteiger partial charge is 0.327 e. The molecule has 0 bridgehead atoms. The Balaban J connectivity index is 2.07. The first-order chi connectivity index (χ1) is 15.6. The average Bonchev–Trinajstić information content (AvgIpc) is 3.21. The minimum absolute atomic E-state index is 0.111. The number of hydrogen-bond donors (Lipinski definition) is 0. The van der Waals surface area contributed by atoms with Gasteiger partial charge in [0.2, 0.25) is 0 Å². The lowest BCUT2D eigenvalue weighted by Gasteiger charge is -2.19. The van der Waals surface area contributed by atoms with E-state index in [4.69, 9.17) is 0 Å². The molecule has 2 amide bonds. The maximum absolute atomic E-state index is 13.7. The molecule has 3 aromatic rings. The van der Waals surface area contributed by atoms with Crippen molar-refractivity contribution in [2.45, 2.75) is 53.5 Å². The maximum Gasteiger partial charge on any atom is 0.327 e. The molecular weight excluding hydrogens is 416 g/mol. The SMILES string of the molecule is Cc1cc(C)c[n+](C2=C(c3c(C(C)C)nn(-c4ccccc4)c3[O-])C(=O)N(C(C)C)C2=O)c1. The van der Waals surface area contributed by atoms with Crippen LogP contribution in [0.25, 0.3) is 17.0 Å². The lowest BCUT2D eigenvalue weighted by Crippen LogP contribution is -2.42. The monoisotopic (exact) mass is 444 g/mol. The number of aryl methyl sites for hydroxylation is 2. The van der Waals surface area contributed by atoms with Crippen LogP contribution in [-0.2, 0) is 9.59 Å². The third-order valence-corrected chi connectivity index (χ3v) is 5.67. The number of aromatic nitrogens is 3. The third kappa shape index (κ3) is 3.73. The largest absolute Gasteiger partial charge is 0.858 e. The highest BCUT2D eigenvalue weighted by molar-refractivity contribution is 6.45. The van der Waals surface area contributed by atoms with E-state index in [-0.39, 0.29) is 28.8 Å². The molecule has 0 radical (unpaired) electrons. The van der Waals surface area contributed by atoms with Gasteiger partial charge in [-0.2, -0.15) is 9.67 Å². The number of imide groups is 1. The summed E-state index contributed by atoms with van der Waals surface area (Å²) in [5.41, 5.74) is 3.47. The average molecular weight is 445 g/mol. The van der Waals surface area contributed by atoms with Gasteiger partial charge in [0.1, 0.15) is 5.57 Å². The molecule has 1 aliphatic rings. The zero-order valence-electron chi connectivity index (χ0n) is 19.8. The van der Waals surface area contributed by atoms with Gasteiger partial charge in [-0.15, -0.1) is 0 Å². The Labute approximate surface area is 193 Å². The van der Waals surface area contributed by atoms with Crippen molar-refractivity contribution in [3.63, 3.8) is 0 Å². The molecule has 7 heteroatoms. The summed E-state index contributed by atoms with van der Waals surface area (Å²) in [6.07, 6.45) is 3.61. The van der Waals surface area contributed by atoms with Crippen LogP contribution < -0.4 is 9.67 Å². The van der Waals surface area contributed by atoms with E-state index in [1.807, 2.05) is 52.0 Å². The second-order valence-electron chi connectivity index (χ2n) is 9.06. The number of amides is 2. The molecular formula is C26H28N4O3. The van der Waals surface area contributed by atoms with Gasteiger partial charge in [-0.1, -0.05) is 32.0 Å². The van der Waals surface area contributed by atoms with Crippen molar-refractivity contribution >= 4 is 23.1 Å². The first-order valence-corrected chi connectivity index (χ1v) is 11.1. The van der Waals surface area contributed by atoms with E-state index in [9.17, 15) is 14.7 Å². The Morgan fingerprint density at radius 2 is 1.55 bits per heavy atom. The highest BCUT2D eigenvalue weighted by Crippen LogP contribution is 2.39. The number of carbonyl (C=O) groups excluding carboxylic acids is 2. The van der Waals surface area contributed by atoms with E-state index in [1.165, 1.54) is 9.58 Å². The van der Waals surface area contributed by atoms with Gasteiger partial charge in [0.15, 0.2) is 12.4 Å². The fourth-order valence-corrected chi connectivity index (χ4v) is 4.31. The molecule has 2 aromatic heterocycles. The summed E-state index contributed by atoms with van der Waals surface area (Å²) in [6.45, 7) is 11.3. The molecule has 4 rings (SSSR count). The molecule has 7 nitrogen and oxygen atoms in total. The van der Waals surface area contributed by atoms with Gasteiger partial charge in [-0.25, -0.2) is 4.68 Å². The van der Waals surface area contributed by atoms with E-state index in [0.29, 0.717) is 11.4 Å². The molecule has 0 N–H and O–H groups in total. The fraction of sp³-hybridized carbons (Fsp3) is 0.308. The molecule has 0 aliphatic carbocycles. The molecule has 0 saturated heterocycles. The van der Waals surface area contributed by atoms with Crippen LogP contribution in [0.4, 0.5) is 0 Å². The molecule has 0 fully saturated rings. The Bertz CT molecular complexity index is 1270. The summed E-state index contributed by atoms with van der Waals surface area (Å²) in [5, 5.41) is 18.3. The molecule has 0 saturated carbocycles. The Morgan fingerprint density at radius 1 is 0.939 bits per heavy atom. The summed E-state index contributed by atoms with van der Waals surface area (Å²) < 4.78 is 2.99. The Morgan fingerprint density at radius 3 is 2.09 bits per heavy atom. The molecule has 3 heterocycles. The highest BCUT2D eigenvalue weighted by Gasteiger charge is 2.48. The maximum atomic E-state index is 13.7.